The molecule has 1 heterocycles. The van der Waals surface area contributed by atoms with E-state index in [-0.39, 0.29) is 40.8 Å². The molecule has 0 amide bonds. The molecule has 1 spiro atoms. The number of carbonyl (C=O) groups is 2. The maximum atomic E-state index is 13.4. The Morgan fingerprint density at radius 3 is 2.72 bits per heavy atom. The molecule has 0 bridgehead atoms. The Kier molecular flexibility index (Phi) is 4.39. The fourth-order valence-corrected chi connectivity index (χ4v) is 8.99. The van der Waals surface area contributed by atoms with Crippen molar-refractivity contribution in [2.75, 3.05) is 6.61 Å². The number of allylic oxidation sites excluding steroid dienone is 4. The number of carbonyl (C=O) groups excluding carboxylic acids is 2. The second-order valence-corrected chi connectivity index (χ2v) is 11.6. The highest BCUT2D eigenvalue weighted by molar-refractivity contribution is 6.01. The van der Waals surface area contributed by atoms with E-state index in [1.165, 1.54) is 0 Å². The van der Waals surface area contributed by atoms with Crippen molar-refractivity contribution in [1.82, 2.24) is 0 Å². The number of Topliss-reactive ketones (excluding diaryl/α,β-unsaturated/α-hetero) is 1. The first-order chi connectivity index (χ1) is 15.2. The largest absolute Gasteiger partial charge is 0.393 e. The number of ketones is 2. The van der Waals surface area contributed by atoms with Gasteiger partial charge in [-0.1, -0.05) is 25.5 Å². The SMILES string of the molecule is C[C@]12C=CC(=O)C=C1CC[C@@H]1C2[C@@H](O)C[C@@]2(C)C1C[C@H]1OC3(CCCC3)O[C@]12C(=O)CO. The number of rotatable bonds is 2. The van der Waals surface area contributed by atoms with Crippen molar-refractivity contribution < 1.29 is 29.3 Å². The van der Waals surface area contributed by atoms with Crippen LogP contribution in [0.15, 0.2) is 23.8 Å². The summed E-state index contributed by atoms with van der Waals surface area (Å²) in [5, 5.41) is 21.6. The van der Waals surface area contributed by atoms with Gasteiger partial charge >= 0.3 is 0 Å². The standard InChI is InChI=1S/C26H34O6/c1-23-10-7-16(28)11-15(23)5-6-17-18-12-21-26(20(30)14-27,24(18,2)13-19(29)22(17)23)32-25(31-21)8-3-4-9-25/h7,10-11,17-19,21-22,27,29H,3-6,8-9,12-14H2,1-2H3/t17-,18?,19-,21+,22?,23-,24-,26+/m0/s1. The van der Waals surface area contributed by atoms with E-state index >= 15 is 0 Å². The third-order valence-corrected chi connectivity index (χ3v) is 10.3. The van der Waals surface area contributed by atoms with Crippen molar-refractivity contribution in [2.45, 2.75) is 88.8 Å². The van der Waals surface area contributed by atoms with Gasteiger partial charge in [-0.15, -0.1) is 0 Å². The van der Waals surface area contributed by atoms with Gasteiger partial charge in [-0.3, -0.25) is 9.59 Å². The Morgan fingerprint density at radius 1 is 1.25 bits per heavy atom. The molecule has 174 valence electrons. The lowest BCUT2D eigenvalue weighted by Gasteiger charge is -2.60. The Hall–Kier alpha value is -1.34. The van der Waals surface area contributed by atoms with E-state index in [9.17, 15) is 19.8 Å². The molecule has 1 saturated heterocycles. The van der Waals surface area contributed by atoms with E-state index < -0.39 is 29.5 Å². The van der Waals surface area contributed by atoms with Crippen LogP contribution in [0.25, 0.3) is 0 Å². The summed E-state index contributed by atoms with van der Waals surface area (Å²) < 4.78 is 13.3. The maximum absolute atomic E-state index is 13.4. The van der Waals surface area contributed by atoms with E-state index in [1.54, 1.807) is 12.2 Å². The fraction of sp³-hybridized carbons (Fsp3) is 0.769. The van der Waals surface area contributed by atoms with Crippen molar-refractivity contribution in [1.29, 1.82) is 0 Å². The van der Waals surface area contributed by atoms with Crippen LogP contribution in [0.1, 0.15) is 65.2 Å². The van der Waals surface area contributed by atoms with Gasteiger partial charge in [0.15, 0.2) is 23.0 Å². The predicted molar refractivity (Wildman–Crippen MR) is 115 cm³/mol. The topological polar surface area (TPSA) is 93.1 Å². The molecule has 5 aliphatic carbocycles. The third kappa shape index (κ3) is 2.40. The number of hydrogen-bond acceptors (Lipinski definition) is 6. The third-order valence-electron chi connectivity index (χ3n) is 10.3. The highest BCUT2D eigenvalue weighted by atomic mass is 16.8. The van der Waals surface area contributed by atoms with E-state index in [2.05, 4.69) is 13.8 Å². The van der Waals surface area contributed by atoms with Gasteiger partial charge in [-0.25, -0.2) is 0 Å². The summed E-state index contributed by atoms with van der Waals surface area (Å²) in [6, 6.07) is 0. The fourth-order valence-electron chi connectivity index (χ4n) is 8.99. The minimum Gasteiger partial charge on any atom is -0.393 e. The van der Waals surface area contributed by atoms with Crippen LogP contribution >= 0.6 is 0 Å². The summed E-state index contributed by atoms with van der Waals surface area (Å²) in [5.41, 5.74) is -1.03. The number of aliphatic hydroxyl groups is 2. The number of ether oxygens (including phenoxy) is 2. The minimum atomic E-state index is -1.20. The van der Waals surface area contributed by atoms with Crippen LogP contribution in [-0.2, 0) is 19.1 Å². The van der Waals surface area contributed by atoms with Gasteiger partial charge in [0.1, 0.15) is 6.61 Å². The lowest BCUT2D eigenvalue weighted by Crippen LogP contribution is -2.64. The van der Waals surface area contributed by atoms with E-state index in [1.807, 2.05) is 6.08 Å². The Labute approximate surface area is 189 Å². The van der Waals surface area contributed by atoms with Crippen molar-refractivity contribution in [2.24, 2.45) is 28.6 Å². The van der Waals surface area contributed by atoms with Crippen molar-refractivity contribution in [3.8, 4) is 0 Å². The van der Waals surface area contributed by atoms with Gasteiger partial charge in [-0.2, -0.15) is 0 Å². The smallest absolute Gasteiger partial charge is 0.193 e. The van der Waals surface area contributed by atoms with Gasteiger partial charge in [0.25, 0.3) is 0 Å². The van der Waals surface area contributed by atoms with Crippen LogP contribution in [0.5, 0.6) is 0 Å². The minimum absolute atomic E-state index is 0.00882. The molecule has 6 heteroatoms. The van der Waals surface area contributed by atoms with Crippen LogP contribution in [0.2, 0.25) is 0 Å². The average Bonchev–Trinajstić information content (AvgIpc) is 3.41. The van der Waals surface area contributed by atoms with Gasteiger partial charge < -0.3 is 19.7 Å². The van der Waals surface area contributed by atoms with Crippen molar-refractivity contribution >= 4 is 11.6 Å². The first-order valence-electron chi connectivity index (χ1n) is 12.3. The normalized spacial score (nSPS) is 50.6. The molecule has 6 aliphatic rings. The second kappa shape index (κ2) is 6.62. The molecule has 0 aromatic heterocycles. The lowest BCUT2D eigenvalue weighted by atomic mass is 9.46. The second-order valence-electron chi connectivity index (χ2n) is 11.6. The monoisotopic (exact) mass is 442 g/mol. The van der Waals surface area contributed by atoms with Crippen LogP contribution in [0, 0.1) is 28.6 Å². The Balaban J connectivity index is 1.42. The molecule has 2 unspecified atom stereocenters. The maximum Gasteiger partial charge on any atom is 0.193 e. The molecule has 2 N–H and O–H groups in total. The molecular formula is C26H34O6. The number of fused-ring (bicyclic) bond motifs is 7. The molecule has 0 radical (unpaired) electrons. The molecule has 0 aromatic carbocycles. The average molecular weight is 443 g/mol. The molecule has 4 saturated carbocycles. The van der Waals surface area contributed by atoms with E-state index in [0.29, 0.717) is 6.42 Å². The Bertz CT molecular complexity index is 931. The molecule has 0 aromatic rings. The summed E-state index contributed by atoms with van der Waals surface area (Å²) in [4.78, 5) is 25.4. The zero-order valence-corrected chi connectivity index (χ0v) is 19.0. The highest BCUT2D eigenvalue weighted by Gasteiger charge is 2.77. The molecule has 1 aliphatic heterocycles. The van der Waals surface area contributed by atoms with Crippen LogP contribution < -0.4 is 0 Å². The highest BCUT2D eigenvalue weighted by Crippen LogP contribution is 2.71. The van der Waals surface area contributed by atoms with Gasteiger partial charge in [-0.05, 0) is 62.5 Å². The van der Waals surface area contributed by atoms with Crippen LogP contribution in [0.3, 0.4) is 0 Å². The molecular weight excluding hydrogens is 408 g/mol. The first kappa shape index (κ1) is 21.2. The summed E-state index contributed by atoms with van der Waals surface area (Å²) in [5.74, 6) is -0.647. The van der Waals surface area contributed by atoms with Crippen LogP contribution in [-0.4, -0.2) is 52.0 Å². The van der Waals surface area contributed by atoms with Crippen LogP contribution in [0.4, 0.5) is 0 Å². The van der Waals surface area contributed by atoms with Gasteiger partial charge in [0, 0.05) is 29.6 Å². The molecule has 6 rings (SSSR count). The summed E-state index contributed by atoms with van der Waals surface area (Å²) in [7, 11) is 0. The number of hydrogen-bond donors (Lipinski definition) is 2. The molecule has 6 nitrogen and oxygen atoms in total. The zero-order chi connectivity index (χ0) is 22.5. The summed E-state index contributed by atoms with van der Waals surface area (Å²) in [6.07, 6.45) is 10.8. The van der Waals surface area contributed by atoms with Gasteiger partial charge in [0.2, 0.25) is 0 Å². The quantitative estimate of drug-likeness (QED) is 0.683. The van der Waals surface area contributed by atoms with E-state index in [4.69, 9.17) is 9.47 Å². The summed E-state index contributed by atoms with van der Waals surface area (Å²) in [6.45, 7) is 3.67. The summed E-state index contributed by atoms with van der Waals surface area (Å²) >= 11 is 0. The number of aliphatic hydroxyl groups excluding tert-OH is 2. The predicted octanol–water partition coefficient (Wildman–Crippen LogP) is 2.86. The molecule has 5 fully saturated rings. The van der Waals surface area contributed by atoms with E-state index in [0.717, 1.165) is 50.5 Å². The van der Waals surface area contributed by atoms with Crippen molar-refractivity contribution in [3.63, 3.8) is 0 Å². The first-order valence-corrected chi connectivity index (χ1v) is 12.3. The lowest BCUT2D eigenvalue weighted by molar-refractivity contribution is -0.235. The molecule has 32 heavy (non-hydrogen) atoms. The Morgan fingerprint density at radius 2 is 2.00 bits per heavy atom. The van der Waals surface area contributed by atoms with Crippen molar-refractivity contribution in [3.05, 3.63) is 23.8 Å². The van der Waals surface area contributed by atoms with Gasteiger partial charge in [0.05, 0.1) is 12.2 Å². The zero-order valence-electron chi connectivity index (χ0n) is 19.0. The molecule has 8 atom stereocenters.